The third-order valence-electron chi connectivity index (χ3n) is 8.06. The summed E-state index contributed by atoms with van der Waals surface area (Å²) in [6, 6.07) is 2.29. The monoisotopic (exact) mass is 579 g/mol. The fourth-order valence-corrected chi connectivity index (χ4v) is 10.3. The van der Waals surface area contributed by atoms with Crippen molar-refractivity contribution >= 4 is 38.6 Å². The first-order valence-corrected chi connectivity index (χ1v) is 17.9. The summed E-state index contributed by atoms with van der Waals surface area (Å²) in [6.07, 6.45) is 15.2. The number of nitrogens with zero attached hydrogens (tertiary/aromatic N) is 1. The first kappa shape index (κ1) is 31.3. The van der Waals surface area contributed by atoms with E-state index in [1.165, 1.54) is 68.9 Å². The molecule has 4 nitrogen and oxygen atoms in total. The van der Waals surface area contributed by atoms with Gasteiger partial charge in [-0.05, 0) is 43.2 Å². The molecular weight excluding hydrogens is 531 g/mol. The molecule has 0 aromatic carbocycles. The van der Waals surface area contributed by atoms with Gasteiger partial charge in [-0.15, -0.1) is 22.7 Å². The highest BCUT2D eigenvalue weighted by molar-refractivity contribution is 7.90. The van der Waals surface area contributed by atoms with Crippen LogP contribution in [-0.2, 0) is 21.9 Å². The van der Waals surface area contributed by atoms with E-state index in [2.05, 4.69) is 47.6 Å². The van der Waals surface area contributed by atoms with Crippen LogP contribution < -0.4 is 0 Å². The standard InChI is InChI=1S/C31H49NO3S3/c1-8-11-14-15-16-17-19-23-21-24(36-26(23)22(4)18-12-9-2)27-25-28(38(34,35)32(7)30(25)33)29(37-27)31(5,6)20-13-10-3/h21-22H,8-20H2,1-7H3. The van der Waals surface area contributed by atoms with Crippen LogP contribution >= 0.6 is 22.7 Å². The van der Waals surface area contributed by atoms with Crippen molar-refractivity contribution in [1.29, 1.82) is 0 Å². The summed E-state index contributed by atoms with van der Waals surface area (Å²) >= 11 is 3.35. The molecule has 0 bridgehead atoms. The van der Waals surface area contributed by atoms with Crippen LogP contribution in [0, 0.1) is 0 Å². The van der Waals surface area contributed by atoms with E-state index in [1.54, 1.807) is 22.7 Å². The number of carbonyl (C=O) groups excluding carboxylic acids is 1. The molecule has 1 amide bonds. The Hall–Kier alpha value is -1.18. The number of unbranched alkanes of at least 4 members (excludes halogenated alkanes) is 7. The van der Waals surface area contributed by atoms with E-state index in [0.717, 1.165) is 51.0 Å². The topological polar surface area (TPSA) is 54.5 Å². The lowest BCUT2D eigenvalue weighted by molar-refractivity contribution is 0.0892. The molecule has 0 saturated carbocycles. The molecule has 0 fully saturated rings. The minimum Gasteiger partial charge on any atom is -0.268 e. The summed E-state index contributed by atoms with van der Waals surface area (Å²) < 4.78 is 27.8. The van der Waals surface area contributed by atoms with Gasteiger partial charge in [0.25, 0.3) is 15.9 Å². The average Bonchev–Trinajstić information content (AvgIpc) is 3.54. The van der Waals surface area contributed by atoms with E-state index >= 15 is 0 Å². The number of thiophene rings is 2. The largest absolute Gasteiger partial charge is 0.270 e. The molecular formula is C31H49NO3S3. The number of sulfonamides is 1. The second-order valence-electron chi connectivity index (χ2n) is 11.8. The van der Waals surface area contributed by atoms with Crippen LogP contribution in [0.5, 0.6) is 0 Å². The molecule has 3 rings (SSSR count). The number of rotatable bonds is 16. The molecule has 3 heterocycles. The lowest BCUT2D eigenvalue weighted by Crippen LogP contribution is -2.26. The first-order valence-electron chi connectivity index (χ1n) is 14.8. The van der Waals surface area contributed by atoms with Crippen molar-refractivity contribution < 1.29 is 13.2 Å². The second kappa shape index (κ2) is 13.5. The van der Waals surface area contributed by atoms with Crippen LogP contribution in [0.4, 0.5) is 0 Å². The van der Waals surface area contributed by atoms with Crippen molar-refractivity contribution in [3.8, 4) is 9.75 Å². The minimum atomic E-state index is -3.82. The zero-order valence-corrected chi connectivity index (χ0v) is 27.2. The summed E-state index contributed by atoms with van der Waals surface area (Å²) in [5.41, 5.74) is 1.51. The number of aryl methyl sites for hydroxylation is 1. The first-order chi connectivity index (χ1) is 18.0. The number of hydrogen-bond donors (Lipinski definition) is 0. The van der Waals surface area contributed by atoms with E-state index in [9.17, 15) is 13.2 Å². The Bertz CT molecular complexity index is 1190. The third-order valence-corrected chi connectivity index (χ3v) is 13.1. The van der Waals surface area contributed by atoms with Crippen molar-refractivity contribution in [1.82, 2.24) is 4.31 Å². The quantitative estimate of drug-likeness (QED) is 0.186. The molecule has 1 unspecified atom stereocenters. The smallest absolute Gasteiger partial charge is 0.268 e. The molecule has 214 valence electrons. The van der Waals surface area contributed by atoms with E-state index in [1.807, 2.05) is 0 Å². The lowest BCUT2D eigenvalue weighted by atomic mass is 9.85. The highest BCUT2D eigenvalue weighted by Gasteiger charge is 2.47. The predicted molar refractivity (Wildman–Crippen MR) is 164 cm³/mol. The molecule has 0 spiro atoms. The summed E-state index contributed by atoms with van der Waals surface area (Å²) in [6.45, 7) is 13.2. The predicted octanol–water partition coefficient (Wildman–Crippen LogP) is 9.92. The number of carbonyl (C=O) groups is 1. The van der Waals surface area contributed by atoms with Crippen molar-refractivity contribution in [3.63, 3.8) is 0 Å². The summed E-state index contributed by atoms with van der Waals surface area (Å²) in [7, 11) is -2.41. The van der Waals surface area contributed by atoms with Gasteiger partial charge in [-0.25, -0.2) is 12.7 Å². The highest BCUT2D eigenvalue weighted by Crippen LogP contribution is 2.52. The molecule has 7 heteroatoms. The Morgan fingerprint density at radius 1 is 0.921 bits per heavy atom. The van der Waals surface area contributed by atoms with Gasteiger partial charge in [0.2, 0.25) is 0 Å². The van der Waals surface area contributed by atoms with Crippen LogP contribution in [0.3, 0.4) is 0 Å². The van der Waals surface area contributed by atoms with E-state index in [4.69, 9.17) is 0 Å². The van der Waals surface area contributed by atoms with Gasteiger partial charge in [-0.2, -0.15) is 0 Å². The Balaban J connectivity index is 2.07. The van der Waals surface area contributed by atoms with E-state index in [-0.39, 0.29) is 16.2 Å². The molecule has 0 N–H and O–H groups in total. The maximum Gasteiger partial charge on any atom is 0.270 e. The molecule has 0 radical (unpaired) electrons. The van der Waals surface area contributed by atoms with Crippen LogP contribution in [0.15, 0.2) is 11.0 Å². The Morgan fingerprint density at radius 2 is 1.55 bits per heavy atom. The summed E-state index contributed by atoms with van der Waals surface area (Å²) in [5, 5.41) is 0. The Labute approximate surface area is 240 Å². The molecule has 0 saturated heterocycles. The Kier molecular flexibility index (Phi) is 11.1. The minimum absolute atomic E-state index is 0.276. The summed E-state index contributed by atoms with van der Waals surface area (Å²) in [5.74, 6) is 0.0922. The number of amides is 1. The molecule has 2 aromatic heterocycles. The van der Waals surface area contributed by atoms with Crippen molar-refractivity contribution in [2.75, 3.05) is 7.05 Å². The second-order valence-corrected chi connectivity index (χ2v) is 15.8. The average molecular weight is 580 g/mol. The van der Waals surface area contributed by atoms with E-state index < -0.39 is 10.0 Å². The molecule has 1 atom stereocenters. The fourth-order valence-electron chi connectivity index (χ4n) is 5.52. The summed E-state index contributed by atoms with van der Waals surface area (Å²) in [4.78, 5) is 17.9. The molecule has 38 heavy (non-hydrogen) atoms. The fraction of sp³-hybridized carbons (Fsp3) is 0.710. The van der Waals surface area contributed by atoms with Crippen LogP contribution in [0.1, 0.15) is 150 Å². The van der Waals surface area contributed by atoms with Crippen molar-refractivity contribution in [3.05, 3.63) is 26.9 Å². The normalized spacial score (nSPS) is 15.9. The van der Waals surface area contributed by atoms with Crippen molar-refractivity contribution in [2.24, 2.45) is 0 Å². The van der Waals surface area contributed by atoms with Gasteiger partial charge in [0.1, 0.15) is 4.90 Å². The van der Waals surface area contributed by atoms with Gasteiger partial charge in [-0.1, -0.05) is 99.3 Å². The number of hydrogen-bond acceptors (Lipinski definition) is 5. The molecule has 0 aliphatic carbocycles. The van der Waals surface area contributed by atoms with Crippen LogP contribution in [0.25, 0.3) is 9.75 Å². The van der Waals surface area contributed by atoms with Gasteiger partial charge in [0, 0.05) is 27.1 Å². The van der Waals surface area contributed by atoms with Crippen LogP contribution in [-0.4, -0.2) is 25.7 Å². The maximum atomic E-state index is 13.4. The molecule has 1 aliphatic rings. The third kappa shape index (κ3) is 6.58. The SMILES string of the molecule is CCCCCCCCc1cc(-c2sc(C(C)(C)CCCC)c3c2C(=O)N(C)S3(=O)=O)sc1C(C)CCCC. The van der Waals surface area contributed by atoms with Gasteiger partial charge >= 0.3 is 0 Å². The zero-order chi connectivity index (χ0) is 28.1. The molecule has 2 aromatic rings. The van der Waals surface area contributed by atoms with Gasteiger partial charge in [0.05, 0.1) is 10.4 Å². The number of fused-ring (bicyclic) bond motifs is 1. The zero-order valence-electron chi connectivity index (χ0n) is 24.7. The lowest BCUT2D eigenvalue weighted by Gasteiger charge is -2.24. The molecule has 1 aliphatic heterocycles. The van der Waals surface area contributed by atoms with Gasteiger partial charge in [-0.3, -0.25) is 4.79 Å². The van der Waals surface area contributed by atoms with Crippen molar-refractivity contribution in [2.45, 2.75) is 141 Å². The van der Waals surface area contributed by atoms with Crippen LogP contribution in [0.2, 0.25) is 0 Å². The highest BCUT2D eigenvalue weighted by atomic mass is 32.2. The maximum absolute atomic E-state index is 13.4. The van der Waals surface area contributed by atoms with Gasteiger partial charge in [0.15, 0.2) is 0 Å². The van der Waals surface area contributed by atoms with E-state index in [0.29, 0.717) is 11.5 Å². The van der Waals surface area contributed by atoms with Gasteiger partial charge < -0.3 is 0 Å². The Morgan fingerprint density at radius 3 is 2.21 bits per heavy atom.